The lowest BCUT2D eigenvalue weighted by Crippen LogP contribution is -2.19. The summed E-state index contributed by atoms with van der Waals surface area (Å²) in [5.41, 5.74) is 2.74. The molecule has 0 spiro atoms. The van der Waals surface area contributed by atoms with Gasteiger partial charge >= 0.3 is 0 Å². The summed E-state index contributed by atoms with van der Waals surface area (Å²) in [5, 5.41) is 13.2. The van der Waals surface area contributed by atoms with Gasteiger partial charge in [-0.15, -0.1) is 0 Å². The van der Waals surface area contributed by atoms with Gasteiger partial charge in [-0.3, -0.25) is 4.79 Å². The summed E-state index contributed by atoms with van der Waals surface area (Å²) in [5.74, 6) is -0.237. The number of carbonyl (C=O) groups excluding carboxylic acids is 1. The summed E-state index contributed by atoms with van der Waals surface area (Å²) in [6.45, 7) is 2.10. The second kappa shape index (κ2) is 7.64. The summed E-state index contributed by atoms with van der Waals surface area (Å²) >= 11 is 10.5. The third kappa shape index (κ3) is 4.26. The average Bonchev–Trinajstić information content (AvgIpc) is 2.92. The molecule has 2 aromatic carbocycles. The number of aryl methyl sites for hydroxylation is 1. The van der Waals surface area contributed by atoms with Crippen LogP contribution in [0.2, 0.25) is 5.02 Å². The molecule has 4 nitrogen and oxygen atoms in total. The van der Waals surface area contributed by atoms with E-state index in [1.165, 1.54) is 17.3 Å². The van der Waals surface area contributed by atoms with Crippen LogP contribution in [0.25, 0.3) is 6.08 Å². The Kier molecular flexibility index (Phi) is 5.51. The number of hydrogen-bond acceptors (Lipinski definition) is 4. The molecule has 0 aromatic heterocycles. The van der Waals surface area contributed by atoms with Crippen LogP contribution < -0.4 is 5.32 Å². The Bertz CT molecular complexity index is 871. The average molecular weight is 438 g/mol. The first-order valence-electron chi connectivity index (χ1n) is 7.53. The zero-order chi connectivity index (χ0) is 18.0. The molecule has 1 aliphatic heterocycles. The van der Waals surface area contributed by atoms with Crippen molar-refractivity contribution in [1.82, 2.24) is 5.32 Å². The van der Waals surface area contributed by atoms with Crippen molar-refractivity contribution >= 4 is 62.1 Å². The van der Waals surface area contributed by atoms with Gasteiger partial charge < -0.3 is 10.4 Å². The highest BCUT2D eigenvalue weighted by Gasteiger charge is 2.24. The van der Waals surface area contributed by atoms with Crippen LogP contribution in [-0.2, 0) is 11.2 Å². The van der Waals surface area contributed by atoms with Crippen LogP contribution in [0.3, 0.4) is 0 Å². The molecule has 7 heteroatoms. The quantitative estimate of drug-likeness (QED) is 0.644. The van der Waals surface area contributed by atoms with Gasteiger partial charge in [0.15, 0.2) is 5.17 Å². The Morgan fingerprint density at radius 2 is 2.04 bits per heavy atom. The lowest BCUT2D eigenvalue weighted by molar-refractivity contribution is -0.115. The third-order valence-electron chi connectivity index (χ3n) is 3.56. The second-order valence-electron chi connectivity index (χ2n) is 5.33. The van der Waals surface area contributed by atoms with Gasteiger partial charge in [0.2, 0.25) is 0 Å². The van der Waals surface area contributed by atoms with E-state index in [9.17, 15) is 9.90 Å². The number of aromatic hydroxyl groups is 1. The van der Waals surface area contributed by atoms with E-state index in [4.69, 9.17) is 11.6 Å². The van der Waals surface area contributed by atoms with Crippen molar-refractivity contribution in [2.75, 3.05) is 0 Å². The molecule has 0 radical (unpaired) electrons. The summed E-state index contributed by atoms with van der Waals surface area (Å²) in [6.07, 6.45) is 2.68. The van der Waals surface area contributed by atoms with Gasteiger partial charge in [0.05, 0.1) is 20.1 Å². The number of nitrogens with one attached hydrogen (secondary N) is 1. The molecule has 25 heavy (non-hydrogen) atoms. The number of phenols is 1. The Morgan fingerprint density at radius 3 is 2.68 bits per heavy atom. The normalized spacial score (nSPS) is 17.3. The van der Waals surface area contributed by atoms with Gasteiger partial charge in [-0.25, -0.2) is 4.99 Å². The predicted molar refractivity (Wildman–Crippen MR) is 107 cm³/mol. The smallest absolute Gasteiger partial charge is 0.264 e. The largest absolute Gasteiger partial charge is 0.505 e. The lowest BCUT2D eigenvalue weighted by atomic mass is 10.2. The fourth-order valence-corrected chi connectivity index (χ4v) is 3.89. The number of amidine groups is 1. The number of benzene rings is 2. The van der Waals surface area contributed by atoms with Crippen LogP contribution in [0.15, 0.2) is 50.8 Å². The zero-order valence-electron chi connectivity index (χ0n) is 13.2. The molecule has 1 amide bonds. The van der Waals surface area contributed by atoms with Gasteiger partial charge in [-0.05, 0) is 75.6 Å². The highest BCUT2D eigenvalue weighted by atomic mass is 79.9. The number of rotatable bonds is 3. The molecule has 2 N–H and O–H groups in total. The molecule has 1 saturated heterocycles. The molecule has 0 saturated carbocycles. The van der Waals surface area contributed by atoms with Gasteiger partial charge in [0.1, 0.15) is 5.75 Å². The van der Waals surface area contributed by atoms with Crippen LogP contribution in [0.5, 0.6) is 5.75 Å². The van der Waals surface area contributed by atoms with Crippen molar-refractivity contribution in [3.8, 4) is 5.75 Å². The minimum atomic E-state index is -0.214. The molecule has 2 aromatic rings. The first kappa shape index (κ1) is 18.0. The summed E-state index contributed by atoms with van der Waals surface area (Å²) < 4.78 is 0.472. The van der Waals surface area contributed by atoms with Crippen LogP contribution in [0.1, 0.15) is 18.1 Å². The third-order valence-corrected chi connectivity index (χ3v) is 5.37. The lowest BCUT2D eigenvalue weighted by Gasteiger charge is -2.02. The predicted octanol–water partition coefficient (Wildman–Crippen LogP) is 5.26. The van der Waals surface area contributed by atoms with E-state index in [1.807, 2.05) is 24.3 Å². The molecule has 128 valence electrons. The number of thioether (sulfide) groups is 1. The highest BCUT2D eigenvalue weighted by molar-refractivity contribution is 9.10. The molecule has 1 aliphatic rings. The summed E-state index contributed by atoms with van der Waals surface area (Å²) in [7, 11) is 0. The summed E-state index contributed by atoms with van der Waals surface area (Å²) in [6, 6.07) is 11.2. The van der Waals surface area contributed by atoms with E-state index in [1.54, 1.807) is 18.2 Å². The van der Waals surface area contributed by atoms with E-state index in [0.717, 1.165) is 12.1 Å². The maximum Gasteiger partial charge on any atom is 0.264 e. The number of aliphatic imine (C=N–C) groups is 1. The van der Waals surface area contributed by atoms with Gasteiger partial charge in [0.25, 0.3) is 5.91 Å². The Hall–Kier alpha value is -1.76. The van der Waals surface area contributed by atoms with Crippen LogP contribution >= 0.6 is 39.3 Å². The van der Waals surface area contributed by atoms with Crippen molar-refractivity contribution in [1.29, 1.82) is 0 Å². The maximum atomic E-state index is 12.1. The number of hydrogen-bond donors (Lipinski definition) is 2. The SMILES string of the molecule is CCc1ccc(N=C2NC(=O)/C(=C/c3cc(Cl)c(O)c(Br)c3)S2)cc1. The van der Waals surface area contributed by atoms with Crippen molar-refractivity contribution < 1.29 is 9.90 Å². The standard InChI is InChI=1S/C18H14BrClN2O2S/c1-2-10-3-5-12(6-4-10)21-18-22-17(24)15(25-18)9-11-7-13(19)16(23)14(20)8-11/h3-9,23H,2H2,1H3,(H,21,22,24)/b15-9-. The molecule has 3 rings (SSSR count). The number of nitrogens with zero attached hydrogens (tertiary/aromatic N) is 1. The molecular formula is C18H14BrClN2O2S. The van der Waals surface area contributed by atoms with Crippen LogP contribution in [0, 0.1) is 0 Å². The van der Waals surface area contributed by atoms with E-state index < -0.39 is 0 Å². The fraction of sp³-hybridized carbons (Fsp3) is 0.111. The van der Waals surface area contributed by atoms with Crippen molar-refractivity contribution in [2.24, 2.45) is 4.99 Å². The van der Waals surface area contributed by atoms with Crippen molar-refractivity contribution in [3.63, 3.8) is 0 Å². The van der Waals surface area contributed by atoms with Crippen molar-refractivity contribution in [3.05, 3.63) is 61.9 Å². The number of amides is 1. The Morgan fingerprint density at radius 1 is 1.32 bits per heavy atom. The van der Waals surface area contributed by atoms with E-state index in [0.29, 0.717) is 20.1 Å². The minimum absolute atomic E-state index is 0.0230. The van der Waals surface area contributed by atoms with E-state index in [-0.39, 0.29) is 16.7 Å². The topological polar surface area (TPSA) is 61.7 Å². The minimum Gasteiger partial charge on any atom is -0.505 e. The van der Waals surface area contributed by atoms with Gasteiger partial charge in [-0.2, -0.15) is 0 Å². The number of halogens is 2. The first-order chi connectivity index (χ1) is 12.0. The number of carbonyl (C=O) groups is 1. The van der Waals surface area contributed by atoms with Crippen molar-refractivity contribution in [2.45, 2.75) is 13.3 Å². The Labute approximate surface area is 163 Å². The number of phenolic OH excluding ortho intramolecular Hbond substituents is 1. The molecular weight excluding hydrogens is 424 g/mol. The fourth-order valence-electron chi connectivity index (χ4n) is 2.22. The molecule has 0 bridgehead atoms. The van der Waals surface area contributed by atoms with Gasteiger partial charge in [0, 0.05) is 0 Å². The summed E-state index contributed by atoms with van der Waals surface area (Å²) in [4.78, 5) is 17.1. The molecule has 0 unspecified atom stereocenters. The highest BCUT2D eigenvalue weighted by Crippen LogP contribution is 2.35. The van der Waals surface area contributed by atoms with Crippen LogP contribution in [0.4, 0.5) is 5.69 Å². The van der Waals surface area contributed by atoms with E-state index >= 15 is 0 Å². The molecule has 0 atom stereocenters. The zero-order valence-corrected chi connectivity index (χ0v) is 16.4. The molecule has 0 aliphatic carbocycles. The monoisotopic (exact) mass is 436 g/mol. The molecule has 1 heterocycles. The first-order valence-corrected chi connectivity index (χ1v) is 9.51. The Balaban J connectivity index is 1.83. The van der Waals surface area contributed by atoms with E-state index in [2.05, 4.69) is 33.2 Å². The maximum absolute atomic E-state index is 12.1. The van der Waals surface area contributed by atoms with Gasteiger partial charge in [-0.1, -0.05) is 30.7 Å². The molecule has 1 fully saturated rings. The van der Waals surface area contributed by atoms with Crippen LogP contribution in [-0.4, -0.2) is 16.2 Å². The second-order valence-corrected chi connectivity index (χ2v) is 7.63.